The van der Waals surface area contributed by atoms with Crippen molar-refractivity contribution in [3.63, 3.8) is 0 Å². The molecule has 3 aromatic rings. The third kappa shape index (κ3) is 4.51. The molecule has 0 aliphatic heterocycles. The summed E-state index contributed by atoms with van der Waals surface area (Å²) in [7, 11) is 3.47. The monoisotopic (exact) mass is 366 g/mol. The van der Waals surface area contributed by atoms with E-state index in [9.17, 15) is 4.79 Å². The van der Waals surface area contributed by atoms with Gasteiger partial charge in [-0.15, -0.1) is 0 Å². The van der Waals surface area contributed by atoms with E-state index in [1.807, 2.05) is 32.2 Å². The van der Waals surface area contributed by atoms with E-state index in [0.717, 1.165) is 0 Å². The summed E-state index contributed by atoms with van der Waals surface area (Å²) in [5, 5.41) is 10.1. The molecule has 7 nitrogen and oxygen atoms in total. The second-order valence-corrected chi connectivity index (χ2v) is 6.14. The van der Waals surface area contributed by atoms with Crippen LogP contribution in [0.4, 0.5) is 5.69 Å². The van der Waals surface area contributed by atoms with E-state index in [2.05, 4.69) is 20.8 Å². The number of amides is 1. The fourth-order valence-electron chi connectivity index (χ4n) is 2.54. The van der Waals surface area contributed by atoms with Crippen molar-refractivity contribution in [1.82, 2.24) is 15.5 Å². The normalized spacial score (nSPS) is 11.8. The molecule has 1 amide bonds. The van der Waals surface area contributed by atoms with Crippen LogP contribution in [0.25, 0.3) is 11.5 Å². The molecule has 0 bridgehead atoms. The van der Waals surface area contributed by atoms with Crippen LogP contribution in [0.15, 0.2) is 53.1 Å². The third-order valence-electron chi connectivity index (χ3n) is 4.21. The van der Waals surface area contributed by atoms with E-state index in [0.29, 0.717) is 40.7 Å². The maximum atomic E-state index is 12.6. The fraction of sp³-hybridized carbons (Fsp3) is 0.250. The quantitative estimate of drug-likeness (QED) is 0.668. The summed E-state index contributed by atoms with van der Waals surface area (Å²) in [6.07, 6.45) is 0.653. The molecule has 1 unspecified atom stereocenters. The summed E-state index contributed by atoms with van der Waals surface area (Å²) < 4.78 is 10.5. The van der Waals surface area contributed by atoms with Crippen LogP contribution < -0.4 is 15.4 Å². The number of benzene rings is 2. The Hall–Kier alpha value is -3.19. The van der Waals surface area contributed by atoms with Crippen LogP contribution in [0.1, 0.15) is 23.1 Å². The molecule has 27 heavy (non-hydrogen) atoms. The first-order chi connectivity index (χ1) is 13.1. The molecular weight excluding hydrogens is 344 g/mol. The number of nitrogens with one attached hydrogen (secondary N) is 2. The van der Waals surface area contributed by atoms with Gasteiger partial charge in [0, 0.05) is 18.0 Å². The molecule has 0 radical (unpaired) electrons. The molecule has 0 spiro atoms. The number of para-hydroxylation sites is 1. The highest BCUT2D eigenvalue weighted by Crippen LogP contribution is 2.27. The lowest BCUT2D eigenvalue weighted by Crippen LogP contribution is -2.24. The number of likely N-dealkylation sites (N-methyl/N-ethyl adjacent to an activating group) is 1. The molecule has 0 fully saturated rings. The lowest BCUT2D eigenvalue weighted by molar-refractivity contribution is 0.102. The van der Waals surface area contributed by atoms with Gasteiger partial charge in [0.25, 0.3) is 11.8 Å². The van der Waals surface area contributed by atoms with Crippen molar-refractivity contribution in [3.8, 4) is 17.2 Å². The smallest absolute Gasteiger partial charge is 0.260 e. The van der Waals surface area contributed by atoms with E-state index in [4.69, 9.17) is 9.26 Å². The van der Waals surface area contributed by atoms with Gasteiger partial charge in [0.15, 0.2) is 5.82 Å². The number of hydrogen-bond donors (Lipinski definition) is 2. The SMILES string of the molecule is CNC(C)Cc1noc(-c2ccccc2NC(=O)c2ccc(OC)cc2)n1. The minimum atomic E-state index is -0.228. The summed E-state index contributed by atoms with van der Waals surface area (Å²) in [6.45, 7) is 2.04. The molecule has 0 saturated carbocycles. The van der Waals surface area contributed by atoms with Crippen LogP contribution in [0.2, 0.25) is 0 Å². The maximum absolute atomic E-state index is 12.6. The van der Waals surface area contributed by atoms with Crippen molar-refractivity contribution in [3.05, 3.63) is 59.9 Å². The Morgan fingerprint density at radius 1 is 1.19 bits per heavy atom. The lowest BCUT2D eigenvalue weighted by Gasteiger charge is -2.09. The van der Waals surface area contributed by atoms with Gasteiger partial charge in [-0.25, -0.2) is 0 Å². The molecule has 1 aromatic heterocycles. The molecule has 7 heteroatoms. The zero-order valence-electron chi connectivity index (χ0n) is 15.5. The number of nitrogens with zero attached hydrogens (tertiary/aromatic N) is 2. The van der Waals surface area contributed by atoms with Gasteiger partial charge in [-0.2, -0.15) is 4.98 Å². The van der Waals surface area contributed by atoms with Gasteiger partial charge in [-0.05, 0) is 50.4 Å². The second kappa shape index (κ2) is 8.46. The Bertz CT molecular complexity index is 906. The van der Waals surface area contributed by atoms with Crippen LogP contribution in [0.3, 0.4) is 0 Å². The number of ether oxygens (including phenoxy) is 1. The molecule has 1 heterocycles. The lowest BCUT2D eigenvalue weighted by atomic mass is 10.1. The Kier molecular flexibility index (Phi) is 5.83. The number of rotatable bonds is 7. The van der Waals surface area contributed by atoms with Crippen LogP contribution in [-0.4, -0.2) is 36.2 Å². The standard InChI is InChI=1S/C20H22N4O3/c1-13(21-2)12-18-23-20(27-24-18)16-6-4-5-7-17(16)22-19(25)14-8-10-15(26-3)11-9-14/h4-11,13,21H,12H2,1-3H3,(H,22,25). The van der Waals surface area contributed by atoms with Gasteiger partial charge >= 0.3 is 0 Å². The molecule has 0 aliphatic rings. The Morgan fingerprint density at radius 2 is 1.93 bits per heavy atom. The maximum Gasteiger partial charge on any atom is 0.260 e. The number of carbonyl (C=O) groups excluding carboxylic acids is 1. The number of hydrogen-bond acceptors (Lipinski definition) is 6. The topological polar surface area (TPSA) is 89.3 Å². The van der Waals surface area contributed by atoms with E-state index in [-0.39, 0.29) is 11.9 Å². The van der Waals surface area contributed by atoms with Gasteiger partial charge in [-0.3, -0.25) is 4.79 Å². The highest BCUT2D eigenvalue weighted by molar-refractivity contribution is 6.06. The highest BCUT2D eigenvalue weighted by Gasteiger charge is 2.16. The predicted molar refractivity (Wildman–Crippen MR) is 103 cm³/mol. The number of aromatic nitrogens is 2. The molecular formula is C20H22N4O3. The van der Waals surface area contributed by atoms with Crippen molar-refractivity contribution in [1.29, 1.82) is 0 Å². The van der Waals surface area contributed by atoms with Crippen molar-refractivity contribution in [2.75, 3.05) is 19.5 Å². The van der Waals surface area contributed by atoms with E-state index in [1.165, 1.54) is 0 Å². The van der Waals surface area contributed by atoms with Gasteiger partial charge < -0.3 is 19.9 Å². The van der Waals surface area contributed by atoms with Gasteiger partial charge in [0.2, 0.25) is 0 Å². The van der Waals surface area contributed by atoms with Crippen LogP contribution in [0.5, 0.6) is 5.75 Å². The molecule has 3 rings (SSSR count). The molecule has 2 N–H and O–H groups in total. The molecule has 1 atom stereocenters. The molecule has 0 saturated heterocycles. The fourth-order valence-corrected chi connectivity index (χ4v) is 2.54. The third-order valence-corrected chi connectivity index (χ3v) is 4.21. The first-order valence-electron chi connectivity index (χ1n) is 8.65. The number of carbonyl (C=O) groups is 1. The molecule has 140 valence electrons. The largest absolute Gasteiger partial charge is 0.497 e. The summed E-state index contributed by atoms with van der Waals surface area (Å²) in [5.74, 6) is 1.46. The average Bonchev–Trinajstić information content (AvgIpc) is 3.16. The summed E-state index contributed by atoms with van der Waals surface area (Å²) >= 11 is 0. The summed E-state index contributed by atoms with van der Waals surface area (Å²) in [6, 6.07) is 14.5. The van der Waals surface area contributed by atoms with Crippen molar-refractivity contribution < 1.29 is 14.1 Å². The molecule has 2 aromatic carbocycles. The van der Waals surface area contributed by atoms with Gasteiger partial charge in [0.1, 0.15) is 5.75 Å². The highest BCUT2D eigenvalue weighted by atomic mass is 16.5. The van der Waals surface area contributed by atoms with Crippen molar-refractivity contribution in [2.45, 2.75) is 19.4 Å². The van der Waals surface area contributed by atoms with Gasteiger partial charge in [-0.1, -0.05) is 17.3 Å². The van der Waals surface area contributed by atoms with Crippen LogP contribution in [0, 0.1) is 0 Å². The predicted octanol–water partition coefficient (Wildman–Crippen LogP) is 3.15. The minimum absolute atomic E-state index is 0.228. The zero-order chi connectivity index (χ0) is 19.2. The zero-order valence-corrected chi connectivity index (χ0v) is 15.5. The minimum Gasteiger partial charge on any atom is -0.497 e. The van der Waals surface area contributed by atoms with Crippen LogP contribution in [-0.2, 0) is 6.42 Å². The number of methoxy groups -OCH3 is 1. The second-order valence-electron chi connectivity index (χ2n) is 6.14. The first kappa shape index (κ1) is 18.6. The number of anilines is 1. The molecule has 0 aliphatic carbocycles. The summed E-state index contributed by atoms with van der Waals surface area (Å²) in [5.41, 5.74) is 1.81. The summed E-state index contributed by atoms with van der Waals surface area (Å²) in [4.78, 5) is 17.0. The van der Waals surface area contributed by atoms with Crippen molar-refractivity contribution in [2.24, 2.45) is 0 Å². The average molecular weight is 366 g/mol. The Morgan fingerprint density at radius 3 is 2.63 bits per heavy atom. The Balaban J connectivity index is 1.80. The first-order valence-corrected chi connectivity index (χ1v) is 8.65. The van der Waals surface area contributed by atoms with E-state index < -0.39 is 0 Å². The Labute approximate surface area is 157 Å². The van der Waals surface area contributed by atoms with Gasteiger partial charge in [0.05, 0.1) is 18.4 Å². The van der Waals surface area contributed by atoms with Crippen LogP contribution >= 0.6 is 0 Å². The van der Waals surface area contributed by atoms with Crippen molar-refractivity contribution >= 4 is 11.6 Å². The van der Waals surface area contributed by atoms with E-state index >= 15 is 0 Å². The van der Waals surface area contributed by atoms with E-state index in [1.54, 1.807) is 37.4 Å².